The van der Waals surface area contributed by atoms with Crippen LogP contribution in [0.25, 0.3) is 0 Å². The number of likely N-dealkylation sites (N-methyl/N-ethyl adjacent to an activating group) is 1. The molecule has 0 unspecified atom stereocenters. The molecule has 0 aromatic heterocycles. The minimum atomic E-state index is -4.12. The van der Waals surface area contributed by atoms with Gasteiger partial charge in [0.25, 0.3) is 10.0 Å². The molecule has 7 nitrogen and oxygen atoms in total. The first kappa shape index (κ1) is 26.6. The van der Waals surface area contributed by atoms with Gasteiger partial charge in [-0.05, 0) is 45.7 Å². The zero-order valence-electron chi connectivity index (χ0n) is 21.7. The van der Waals surface area contributed by atoms with Crippen LogP contribution in [0.2, 0.25) is 0 Å². The van der Waals surface area contributed by atoms with Crippen molar-refractivity contribution in [1.29, 1.82) is 0 Å². The van der Waals surface area contributed by atoms with Gasteiger partial charge in [-0.25, -0.2) is 0 Å². The maximum absolute atomic E-state index is 13.3. The zero-order chi connectivity index (χ0) is 25.9. The molecule has 34 heavy (non-hydrogen) atoms. The van der Waals surface area contributed by atoms with Crippen molar-refractivity contribution in [1.82, 2.24) is 9.80 Å². The van der Waals surface area contributed by atoms with Crippen LogP contribution >= 0.6 is 12.2 Å². The highest BCUT2D eigenvalue weighted by Gasteiger charge is 2.69. The number of rotatable bonds is 4. The zero-order valence-corrected chi connectivity index (χ0v) is 23.4. The van der Waals surface area contributed by atoms with E-state index < -0.39 is 32.0 Å². The van der Waals surface area contributed by atoms with Crippen LogP contribution in [-0.2, 0) is 19.6 Å². The molecular weight excluding hydrogens is 470 g/mol. The quantitative estimate of drug-likeness (QED) is 0.557. The van der Waals surface area contributed by atoms with Crippen molar-refractivity contribution >= 4 is 39.2 Å². The summed E-state index contributed by atoms with van der Waals surface area (Å²) in [4.78, 5) is 16.7. The Bertz CT molecular complexity index is 1120. The number of amides is 1. The Kier molecular flexibility index (Phi) is 6.49. The van der Waals surface area contributed by atoms with Crippen LogP contribution in [0.5, 0.6) is 0 Å². The number of hydrogen-bond donors (Lipinski definition) is 0. The maximum Gasteiger partial charge on any atom is 0.310 e. The van der Waals surface area contributed by atoms with Crippen LogP contribution in [0, 0.1) is 17.8 Å². The van der Waals surface area contributed by atoms with Crippen molar-refractivity contribution in [3.63, 3.8) is 0 Å². The summed E-state index contributed by atoms with van der Waals surface area (Å²) in [7, 11) is -0.794. The highest BCUT2D eigenvalue weighted by molar-refractivity contribution is 7.90. The Labute approximate surface area is 209 Å². The van der Waals surface area contributed by atoms with Gasteiger partial charge in [-0.1, -0.05) is 64.0 Å². The monoisotopic (exact) mass is 507 g/mol. The normalized spacial score (nSPS) is 22.7. The number of sulfonamides is 1. The van der Waals surface area contributed by atoms with Gasteiger partial charge in [0, 0.05) is 24.9 Å². The van der Waals surface area contributed by atoms with Gasteiger partial charge < -0.3 is 9.64 Å². The van der Waals surface area contributed by atoms with E-state index in [9.17, 15) is 13.2 Å². The summed E-state index contributed by atoms with van der Waals surface area (Å²) in [6, 6.07) is 6.34. The van der Waals surface area contributed by atoms with Gasteiger partial charge in [0.15, 0.2) is 5.60 Å². The molecule has 1 aliphatic carbocycles. The van der Waals surface area contributed by atoms with E-state index in [4.69, 9.17) is 17.0 Å². The number of aryl methyl sites for hydroxylation is 1. The average Bonchev–Trinajstić information content (AvgIpc) is 3.00. The number of benzene rings is 1. The van der Waals surface area contributed by atoms with Crippen LogP contribution < -0.4 is 0 Å². The topological polar surface area (TPSA) is 79.3 Å². The fraction of sp³-hybridized carbons (Fsp3) is 0.640. The molecule has 3 rings (SSSR count). The van der Waals surface area contributed by atoms with Gasteiger partial charge in [0.2, 0.25) is 5.91 Å². The molecule has 0 N–H and O–H groups in total. The van der Waals surface area contributed by atoms with E-state index >= 15 is 0 Å². The molecule has 0 atom stereocenters. The smallest absolute Gasteiger partial charge is 0.310 e. The van der Waals surface area contributed by atoms with Crippen molar-refractivity contribution in [2.75, 3.05) is 14.1 Å². The van der Waals surface area contributed by atoms with Gasteiger partial charge in [-0.3, -0.25) is 9.69 Å². The van der Waals surface area contributed by atoms with Crippen molar-refractivity contribution < 1.29 is 17.9 Å². The van der Waals surface area contributed by atoms with E-state index in [-0.39, 0.29) is 16.8 Å². The number of ether oxygens (including phenoxy) is 1. The fourth-order valence-electron chi connectivity index (χ4n) is 5.63. The predicted molar refractivity (Wildman–Crippen MR) is 138 cm³/mol. The van der Waals surface area contributed by atoms with Gasteiger partial charge in [-0.15, -0.1) is 4.40 Å². The first-order valence-electron chi connectivity index (χ1n) is 11.6. The number of hydrogen-bond acceptors (Lipinski definition) is 5. The maximum atomic E-state index is 13.3. The number of nitrogens with zero attached hydrogens (tertiary/aromatic N) is 3. The second kappa shape index (κ2) is 8.29. The molecule has 0 bridgehead atoms. The second-order valence-electron chi connectivity index (χ2n) is 11.5. The number of carbonyl (C=O) groups excluding carboxylic acids is 1. The lowest BCUT2D eigenvalue weighted by Crippen LogP contribution is -2.65. The third-order valence-corrected chi connectivity index (χ3v) is 9.19. The van der Waals surface area contributed by atoms with E-state index in [1.807, 2.05) is 6.92 Å². The third kappa shape index (κ3) is 3.94. The summed E-state index contributed by atoms with van der Waals surface area (Å²) in [6.45, 7) is 13.7. The third-order valence-electron chi connectivity index (χ3n) is 7.46. The molecule has 2 fully saturated rings. The molecule has 9 heteroatoms. The van der Waals surface area contributed by atoms with Crippen LogP contribution in [0.15, 0.2) is 33.6 Å². The van der Waals surface area contributed by atoms with E-state index in [0.29, 0.717) is 4.99 Å². The Morgan fingerprint density at radius 1 is 1.09 bits per heavy atom. The van der Waals surface area contributed by atoms with Crippen molar-refractivity contribution in [2.24, 2.45) is 15.2 Å². The van der Waals surface area contributed by atoms with Crippen LogP contribution in [0.4, 0.5) is 0 Å². The van der Waals surface area contributed by atoms with Crippen molar-refractivity contribution in [2.45, 2.75) is 83.8 Å². The molecule has 1 saturated heterocycles. The van der Waals surface area contributed by atoms with Gasteiger partial charge in [0.05, 0.1) is 4.90 Å². The summed E-state index contributed by atoms with van der Waals surface area (Å²) in [5.74, 6) is -0.234. The fourth-order valence-corrected chi connectivity index (χ4v) is 7.44. The van der Waals surface area contributed by atoms with Crippen LogP contribution in [0.1, 0.15) is 66.4 Å². The summed E-state index contributed by atoms with van der Waals surface area (Å²) < 4.78 is 37.5. The van der Waals surface area contributed by atoms with Crippen molar-refractivity contribution in [3.05, 3.63) is 29.8 Å². The average molecular weight is 508 g/mol. The molecule has 188 valence electrons. The molecule has 1 saturated carbocycles. The van der Waals surface area contributed by atoms with E-state index in [1.54, 1.807) is 40.1 Å². The number of amidine groups is 1. The summed E-state index contributed by atoms with van der Waals surface area (Å²) in [5.41, 5.74) is -2.10. The minimum absolute atomic E-state index is 0.0555. The molecule has 1 spiro atoms. The highest BCUT2D eigenvalue weighted by Crippen LogP contribution is 2.60. The Morgan fingerprint density at radius 3 is 2.06 bits per heavy atom. The molecule has 1 aromatic carbocycles. The Morgan fingerprint density at radius 2 is 1.59 bits per heavy atom. The van der Waals surface area contributed by atoms with Crippen LogP contribution in [0.3, 0.4) is 0 Å². The second-order valence-corrected chi connectivity index (χ2v) is 13.5. The lowest BCUT2D eigenvalue weighted by Gasteiger charge is -2.55. The van der Waals surface area contributed by atoms with E-state index in [1.165, 1.54) is 21.9 Å². The Hall–Kier alpha value is -2.00. The largest absolute Gasteiger partial charge is 0.449 e. The van der Waals surface area contributed by atoms with E-state index in [2.05, 4.69) is 32.1 Å². The lowest BCUT2D eigenvalue weighted by atomic mass is 9.53. The first-order valence-corrected chi connectivity index (χ1v) is 13.4. The van der Waals surface area contributed by atoms with Gasteiger partial charge in [0.1, 0.15) is 10.5 Å². The van der Waals surface area contributed by atoms with E-state index in [0.717, 1.165) is 24.8 Å². The SMILES string of the molecule is Cc1ccc(S(=O)(=O)/N=C2\OC3(C(=S)N2C(C)(C)C(=O)N(C)C)C(C)(C)CCCC3(C)C)cc1. The predicted octanol–water partition coefficient (Wildman–Crippen LogP) is 4.54. The standard InChI is InChI=1S/C25H37N3O4S2/c1-17-11-13-18(14-12-17)34(30,31)26-21-28(24(6,7)19(29)27(8)9)20(33)25(32-21)22(2,3)15-10-16-23(25,4)5/h11-14H,10,15-16H2,1-9H3/b26-21-. The van der Waals surface area contributed by atoms with Crippen LogP contribution in [-0.4, -0.2) is 60.4 Å². The summed E-state index contributed by atoms with van der Waals surface area (Å²) in [5, 5.41) is 0. The molecular formula is C25H37N3O4S2. The van der Waals surface area contributed by atoms with Gasteiger partial charge in [-0.2, -0.15) is 8.42 Å². The molecule has 1 aromatic rings. The number of carbonyl (C=O) groups is 1. The number of thiocarbonyl (C=S) groups is 1. The molecule has 2 aliphatic rings. The Balaban J connectivity index is 2.28. The summed E-state index contributed by atoms with van der Waals surface area (Å²) >= 11 is 6.08. The first-order chi connectivity index (χ1) is 15.4. The molecule has 1 aliphatic heterocycles. The highest BCUT2D eigenvalue weighted by atomic mass is 32.2. The molecule has 1 heterocycles. The lowest BCUT2D eigenvalue weighted by molar-refractivity contribution is -0.136. The summed E-state index contributed by atoms with van der Waals surface area (Å²) in [6.07, 6.45) is 2.71. The van der Waals surface area contributed by atoms with Crippen molar-refractivity contribution in [3.8, 4) is 0 Å². The molecule has 0 radical (unpaired) electrons. The van der Waals surface area contributed by atoms with Gasteiger partial charge >= 0.3 is 6.02 Å². The molecule has 1 amide bonds. The minimum Gasteiger partial charge on any atom is -0.449 e.